The van der Waals surface area contributed by atoms with E-state index in [4.69, 9.17) is 14.9 Å². The fourth-order valence-corrected chi connectivity index (χ4v) is 1.71. The van der Waals surface area contributed by atoms with Crippen LogP contribution in [0.5, 0.6) is 0 Å². The highest BCUT2D eigenvalue weighted by Crippen LogP contribution is 2.26. The van der Waals surface area contributed by atoms with Crippen molar-refractivity contribution in [3.63, 3.8) is 0 Å². The third-order valence-electron chi connectivity index (χ3n) is 2.51. The SMILES string of the molecule is CC(N)c1nc2c(o1)CN(C(=O)OC(C)(C)C)C2. The van der Waals surface area contributed by atoms with Crippen LogP contribution in [0.1, 0.15) is 51.1 Å². The number of hydrogen-bond acceptors (Lipinski definition) is 5. The highest BCUT2D eigenvalue weighted by molar-refractivity contribution is 5.68. The van der Waals surface area contributed by atoms with Crippen LogP contribution in [0.15, 0.2) is 4.42 Å². The Morgan fingerprint density at radius 3 is 2.67 bits per heavy atom. The summed E-state index contributed by atoms with van der Waals surface area (Å²) in [7, 11) is 0. The summed E-state index contributed by atoms with van der Waals surface area (Å²) in [5, 5.41) is 0. The van der Waals surface area contributed by atoms with Gasteiger partial charge >= 0.3 is 6.09 Å². The molecule has 0 aromatic carbocycles. The molecule has 0 saturated heterocycles. The van der Waals surface area contributed by atoms with E-state index < -0.39 is 5.60 Å². The summed E-state index contributed by atoms with van der Waals surface area (Å²) in [6, 6.07) is -0.231. The standard InChI is InChI=1S/C12H19N3O3/c1-7(13)10-14-8-5-15(6-9(8)17-10)11(16)18-12(2,3)4/h7H,5-6,13H2,1-4H3. The number of fused-ring (bicyclic) bond motifs is 1. The van der Waals surface area contributed by atoms with Gasteiger partial charge in [0.1, 0.15) is 17.1 Å². The highest BCUT2D eigenvalue weighted by atomic mass is 16.6. The van der Waals surface area contributed by atoms with Gasteiger partial charge in [-0.25, -0.2) is 9.78 Å². The Hall–Kier alpha value is -1.56. The molecule has 0 fully saturated rings. The largest absolute Gasteiger partial charge is 0.444 e. The number of rotatable bonds is 1. The minimum absolute atomic E-state index is 0.231. The van der Waals surface area contributed by atoms with E-state index in [9.17, 15) is 4.79 Å². The van der Waals surface area contributed by atoms with E-state index in [-0.39, 0.29) is 12.1 Å². The van der Waals surface area contributed by atoms with Crippen LogP contribution in [0.25, 0.3) is 0 Å². The number of oxazole rings is 1. The number of hydrogen-bond donors (Lipinski definition) is 1. The Labute approximate surface area is 106 Å². The monoisotopic (exact) mass is 253 g/mol. The lowest BCUT2D eigenvalue weighted by Crippen LogP contribution is -2.33. The molecule has 2 heterocycles. The van der Waals surface area contributed by atoms with Gasteiger partial charge in [0.05, 0.1) is 19.1 Å². The molecule has 0 radical (unpaired) electrons. The quantitative estimate of drug-likeness (QED) is 0.827. The van der Waals surface area contributed by atoms with Crippen LogP contribution in [0.2, 0.25) is 0 Å². The van der Waals surface area contributed by atoms with Gasteiger partial charge in [-0.1, -0.05) is 0 Å². The van der Waals surface area contributed by atoms with Gasteiger partial charge in [-0.2, -0.15) is 0 Å². The molecule has 0 spiro atoms. The van der Waals surface area contributed by atoms with E-state index in [0.29, 0.717) is 24.7 Å². The van der Waals surface area contributed by atoms with Crippen LogP contribution in [0.3, 0.4) is 0 Å². The van der Waals surface area contributed by atoms with Crippen molar-refractivity contribution >= 4 is 6.09 Å². The molecule has 6 nitrogen and oxygen atoms in total. The average Bonchev–Trinajstić information content (AvgIpc) is 2.69. The maximum absolute atomic E-state index is 11.9. The minimum atomic E-state index is -0.495. The van der Waals surface area contributed by atoms with Gasteiger partial charge in [-0.15, -0.1) is 0 Å². The van der Waals surface area contributed by atoms with E-state index in [0.717, 1.165) is 5.69 Å². The number of aromatic nitrogens is 1. The molecular weight excluding hydrogens is 234 g/mol. The number of nitrogens with two attached hydrogens (primary N) is 1. The molecule has 1 aliphatic rings. The molecule has 100 valence electrons. The van der Waals surface area contributed by atoms with Crippen molar-refractivity contribution in [2.45, 2.75) is 52.4 Å². The first-order valence-corrected chi connectivity index (χ1v) is 5.98. The van der Waals surface area contributed by atoms with Gasteiger partial charge in [0, 0.05) is 0 Å². The third-order valence-corrected chi connectivity index (χ3v) is 2.51. The predicted molar refractivity (Wildman–Crippen MR) is 64.6 cm³/mol. The van der Waals surface area contributed by atoms with Gasteiger partial charge in [0.25, 0.3) is 0 Å². The minimum Gasteiger partial charge on any atom is -0.444 e. The molecule has 1 amide bonds. The molecule has 1 aliphatic heterocycles. The van der Waals surface area contributed by atoms with Gasteiger partial charge in [0.15, 0.2) is 0 Å². The number of ether oxygens (including phenoxy) is 1. The Morgan fingerprint density at radius 2 is 2.17 bits per heavy atom. The second-order valence-corrected chi connectivity index (χ2v) is 5.55. The van der Waals surface area contributed by atoms with Crippen molar-refractivity contribution in [3.05, 3.63) is 17.3 Å². The lowest BCUT2D eigenvalue weighted by atomic mass is 10.2. The van der Waals surface area contributed by atoms with Crippen LogP contribution in [0.4, 0.5) is 4.79 Å². The molecule has 1 aromatic rings. The van der Waals surface area contributed by atoms with Crippen LogP contribution in [0, 0.1) is 0 Å². The average molecular weight is 253 g/mol. The van der Waals surface area contributed by atoms with E-state index in [2.05, 4.69) is 4.98 Å². The maximum Gasteiger partial charge on any atom is 0.411 e. The Kier molecular flexibility index (Phi) is 3.06. The van der Waals surface area contributed by atoms with Gasteiger partial charge in [-0.3, -0.25) is 4.90 Å². The van der Waals surface area contributed by atoms with Crippen LogP contribution in [-0.4, -0.2) is 21.6 Å². The fraction of sp³-hybridized carbons (Fsp3) is 0.667. The van der Waals surface area contributed by atoms with Crippen molar-refractivity contribution in [1.29, 1.82) is 0 Å². The zero-order valence-corrected chi connectivity index (χ0v) is 11.2. The van der Waals surface area contributed by atoms with Gasteiger partial charge in [0.2, 0.25) is 5.89 Å². The summed E-state index contributed by atoms with van der Waals surface area (Å²) in [4.78, 5) is 17.7. The summed E-state index contributed by atoms with van der Waals surface area (Å²) >= 11 is 0. The molecule has 1 aromatic heterocycles. The Morgan fingerprint density at radius 1 is 1.50 bits per heavy atom. The first-order valence-electron chi connectivity index (χ1n) is 5.98. The summed E-state index contributed by atoms with van der Waals surface area (Å²) in [5.41, 5.74) is 5.97. The maximum atomic E-state index is 11.9. The summed E-state index contributed by atoms with van der Waals surface area (Å²) in [6.07, 6.45) is -0.349. The number of carbonyl (C=O) groups is 1. The molecule has 1 unspecified atom stereocenters. The molecule has 2 rings (SSSR count). The lowest BCUT2D eigenvalue weighted by Gasteiger charge is -2.23. The Bertz CT molecular complexity index is 436. The molecule has 0 bridgehead atoms. The fourth-order valence-electron chi connectivity index (χ4n) is 1.71. The van der Waals surface area contributed by atoms with Crippen molar-refractivity contribution in [3.8, 4) is 0 Å². The van der Waals surface area contributed by atoms with E-state index in [1.54, 1.807) is 4.90 Å². The van der Waals surface area contributed by atoms with Gasteiger partial charge < -0.3 is 14.9 Å². The number of nitrogens with zero attached hydrogens (tertiary/aromatic N) is 2. The zero-order chi connectivity index (χ0) is 13.5. The highest BCUT2D eigenvalue weighted by Gasteiger charge is 2.32. The van der Waals surface area contributed by atoms with Crippen LogP contribution in [-0.2, 0) is 17.8 Å². The normalized spacial score (nSPS) is 16.6. The molecule has 1 atom stereocenters. The molecule has 6 heteroatoms. The lowest BCUT2D eigenvalue weighted by molar-refractivity contribution is 0.0231. The molecule has 0 saturated carbocycles. The predicted octanol–water partition coefficient (Wildman–Crippen LogP) is 1.95. The van der Waals surface area contributed by atoms with E-state index >= 15 is 0 Å². The van der Waals surface area contributed by atoms with Crippen LogP contribution < -0.4 is 5.73 Å². The van der Waals surface area contributed by atoms with Crippen molar-refractivity contribution in [1.82, 2.24) is 9.88 Å². The summed E-state index contributed by atoms with van der Waals surface area (Å²) in [6.45, 7) is 8.14. The zero-order valence-electron chi connectivity index (χ0n) is 11.2. The van der Waals surface area contributed by atoms with Crippen LogP contribution >= 0.6 is 0 Å². The molecule has 2 N–H and O–H groups in total. The topological polar surface area (TPSA) is 81.6 Å². The first kappa shape index (κ1) is 12.9. The van der Waals surface area contributed by atoms with Gasteiger partial charge in [-0.05, 0) is 27.7 Å². The number of amides is 1. The van der Waals surface area contributed by atoms with Crippen molar-refractivity contribution < 1.29 is 13.9 Å². The molecule has 18 heavy (non-hydrogen) atoms. The van der Waals surface area contributed by atoms with E-state index in [1.807, 2.05) is 27.7 Å². The number of carbonyl (C=O) groups excluding carboxylic acids is 1. The Balaban J connectivity index is 2.02. The second kappa shape index (κ2) is 4.28. The smallest absolute Gasteiger partial charge is 0.411 e. The summed E-state index contributed by atoms with van der Waals surface area (Å²) < 4.78 is 10.8. The first-order chi connectivity index (χ1) is 8.26. The van der Waals surface area contributed by atoms with E-state index in [1.165, 1.54) is 0 Å². The second-order valence-electron chi connectivity index (χ2n) is 5.55. The third kappa shape index (κ3) is 2.64. The summed E-state index contributed by atoms with van der Waals surface area (Å²) in [5.74, 6) is 1.22. The van der Waals surface area contributed by atoms with Crippen molar-refractivity contribution in [2.75, 3.05) is 0 Å². The van der Waals surface area contributed by atoms with Crippen molar-refractivity contribution in [2.24, 2.45) is 5.73 Å². The molecular formula is C12H19N3O3. The molecule has 0 aliphatic carbocycles.